The molecule has 2 heterocycles. The fraction of sp³-hybridized carbons (Fsp3) is 0.160. The molecule has 0 aliphatic carbocycles. The summed E-state index contributed by atoms with van der Waals surface area (Å²) in [6, 6.07) is 22.7. The molecule has 2 aromatic heterocycles. The van der Waals surface area contributed by atoms with E-state index in [0.717, 1.165) is 16.9 Å². The minimum Gasteiger partial charge on any atom is -0.465 e. The summed E-state index contributed by atoms with van der Waals surface area (Å²) in [7, 11) is 0. The van der Waals surface area contributed by atoms with Gasteiger partial charge in [0.25, 0.3) is 0 Å². The zero-order valence-corrected chi connectivity index (χ0v) is 18.0. The number of fused-ring (bicyclic) bond motifs is 1. The van der Waals surface area contributed by atoms with Crippen LogP contribution in [0.15, 0.2) is 77.6 Å². The van der Waals surface area contributed by atoms with Crippen LogP contribution < -0.4 is 16.1 Å². The lowest BCUT2D eigenvalue weighted by atomic mass is 10.1. The van der Waals surface area contributed by atoms with Gasteiger partial charge in [-0.05, 0) is 49.7 Å². The standard InChI is InChI=1S/C25H24N4O3/c1-3-32-23(31)16-26-21-14-17(2)24-20(30)15-22(27-18-10-6-4-7-11-18)29(25(24)28-21)19-12-8-5-9-13-19/h4-15,27H,3,16H2,1-2H3,(H,26,28). The van der Waals surface area contributed by atoms with Crippen LogP contribution in [-0.2, 0) is 9.53 Å². The average molecular weight is 428 g/mol. The molecule has 7 heteroatoms. The van der Waals surface area contributed by atoms with Gasteiger partial charge in [0.2, 0.25) is 0 Å². The van der Waals surface area contributed by atoms with Crippen LogP contribution in [-0.4, -0.2) is 28.7 Å². The normalized spacial score (nSPS) is 10.7. The van der Waals surface area contributed by atoms with Crippen LogP contribution >= 0.6 is 0 Å². The summed E-state index contributed by atoms with van der Waals surface area (Å²) < 4.78 is 6.89. The van der Waals surface area contributed by atoms with Crippen molar-refractivity contribution in [3.8, 4) is 5.69 Å². The second-order valence-corrected chi connectivity index (χ2v) is 7.24. The molecule has 0 aliphatic heterocycles. The number of hydrogen-bond donors (Lipinski definition) is 2. The van der Waals surface area contributed by atoms with Crippen molar-refractivity contribution in [2.75, 3.05) is 23.8 Å². The molecule has 0 atom stereocenters. The van der Waals surface area contributed by atoms with Crippen LogP contribution in [0.4, 0.5) is 17.3 Å². The van der Waals surface area contributed by atoms with Crippen molar-refractivity contribution >= 4 is 34.3 Å². The summed E-state index contributed by atoms with van der Waals surface area (Å²) in [5.74, 6) is 0.713. The van der Waals surface area contributed by atoms with Crippen molar-refractivity contribution < 1.29 is 9.53 Å². The van der Waals surface area contributed by atoms with E-state index >= 15 is 0 Å². The Morgan fingerprint density at radius 2 is 1.72 bits per heavy atom. The lowest BCUT2D eigenvalue weighted by molar-refractivity contribution is -0.140. The van der Waals surface area contributed by atoms with Crippen LogP contribution in [0, 0.1) is 6.92 Å². The van der Waals surface area contributed by atoms with Crippen molar-refractivity contribution in [3.63, 3.8) is 0 Å². The molecule has 0 amide bonds. The Labute approximate surface area is 185 Å². The first-order valence-corrected chi connectivity index (χ1v) is 10.4. The van der Waals surface area contributed by atoms with Crippen molar-refractivity contribution in [3.05, 3.63) is 88.6 Å². The number of carbonyl (C=O) groups excluding carboxylic acids is 1. The van der Waals surface area contributed by atoms with Gasteiger partial charge in [-0.1, -0.05) is 36.4 Å². The molecule has 7 nitrogen and oxygen atoms in total. The van der Waals surface area contributed by atoms with E-state index in [2.05, 4.69) is 10.6 Å². The van der Waals surface area contributed by atoms with E-state index in [0.29, 0.717) is 29.3 Å². The third kappa shape index (κ3) is 4.46. The Hall–Kier alpha value is -4.13. The van der Waals surface area contributed by atoms with Gasteiger partial charge in [0.15, 0.2) is 11.1 Å². The van der Waals surface area contributed by atoms with Gasteiger partial charge in [-0.15, -0.1) is 0 Å². The molecule has 0 spiro atoms. The predicted octanol–water partition coefficient (Wildman–Crippen LogP) is 4.41. The van der Waals surface area contributed by atoms with Gasteiger partial charge < -0.3 is 15.4 Å². The summed E-state index contributed by atoms with van der Waals surface area (Å²) >= 11 is 0. The minimum absolute atomic E-state index is 0.0106. The van der Waals surface area contributed by atoms with Crippen LogP contribution in [0.5, 0.6) is 0 Å². The summed E-state index contributed by atoms with van der Waals surface area (Å²) in [4.78, 5) is 29.6. The molecule has 2 aromatic carbocycles. The monoisotopic (exact) mass is 428 g/mol. The number of esters is 1. The number of benzene rings is 2. The SMILES string of the molecule is CCOC(=O)CNc1cc(C)c2c(=O)cc(Nc3ccccc3)n(-c3ccccc3)c2n1. The fourth-order valence-electron chi connectivity index (χ4n) is 3.56. The summed E-state index contributed by atoms with van der Waals surface area (Å²) in [5.41, 5.74) is 2.83. The number of pyridine rings is 2. The first-order valence-electron chi connectivity index (χ1n) is 10.4. The number of nitrogens with one attached hydrogen (secondary N) is 2. The van der Waals surface area contributed by atoms with E-state index < -0.39 is 0 Å². The molecule has 0 saturated heterocycles. The summed E-state index contributed by atoms with van der Waals surface area (Å²) in [5, 5.41) is 6.87. The van der Waals surface area contributed by atoms with E-state index in [4.69, 9.17) is 9.72 Å². The van der Waals surface area contributed by atoms with Crippen molar-refractivity contribution in [1.29, 1.82) is 0 Å². The molecule has 162 valence electrons. The van der Waals surface area contributed by atoms with E-state index in [1.807, 2.05) is 72.2 Å². The fourth-order valence-corrected chi connectivity index (χ4v) is 3.56. The molecular weight excluding hydrogens is 404 g/mol. The van der Waals surface area contributed by atoms with Gasteiger partial charge in [0.1, 0.15) is 18.2 Å². The highest BCUT2D eigenvalue weighted by atomic mass is 16.5. The maximum atomic E-state index is 13.1. The Morgan fingerprint density at radius 3 is 2.41 bits per heavy atom. The molecule has 0 radical (unpaired) electrons. The smallest absolute Gasteiger partial charge is 0.325 e. The number of hydrogen-bond acceptors (Lipinski definition) is 6. The van der Waals surface area contributed by atoms with Gasteiger partial charge in [-0.3, -0.25) is 14.2 Å². The molecule has 0 fully saturated rings. The molecule has 2 N–H and O–H groups in total. The van der Waals surface area contributed by atoms with Gasteiger partial charge in [0.05, 0.1) is 12.0 Å². The van der Waals surface area contributed by atoms with Crippen LogP contribution in [0.3, 0.4) is 0 Å². The number of aryl methyl sites for hydroxylation is 1. The number of rotatable bonds is 7. The first-order chi connectivity index (χ1) is 15.6. The average Bonchev–Trinajstić information content (AvgIpc) is 2.79. The second-order valence-electron chi connectivity index (χ2n) is 7.24. The lowest BCUT2D eigenvalue weighted by Gasteiger charge is -2.19. The van der Waals surface area contributed by atoms with E-state index in [9.17, 15) is 9.59 Å². The quantitative estimate of drug-likeness (QED) is 0.424. The molecule has 4 rings (SSSR count). The molecular formula is C25H24N4O3. The molecule has 0 bridgehead atoms. The van der Waals surface area contributed by atoms with Crippen LogP contribution in [0.1, 0.15) is 12.5 Å². The number of carbonyl (C=O) groups is 1. The van der Waals surface area contributed by atoms with Crippen molar-refractivity contribution in [1.82, 2.24) is 9.55 Å². The zero-order valence-electron chi connectivity index (χ0n) is 18.0. The van der Waals surface area contributed by atoms with Crippen LogP contribution in [0.25, 0.3) is 16.7 Å². The highest BCUT2D eigenvalue weighted by Gasteiger charge is 2.16. The third-order valence-electron chi connectivity index (χ3n) is 4.94. The number of ether oxygens (including phenoxy) is 1. The maximum Gasteiger partial charge on any atom is 0.325 e. The molecule has 4 aromatic rings. The number of anilines is 3. The highest BCUT2D eigenvalue weighted by molar-refractivity contribution is 5.86. The number of nitrogens with zero attached hydrogens (tertiary/aromatic N) is 2. The van der Waals surface area contributed by atoms with E-state index in [1.165, 1.54) is 0 Å². The van der Waals surface area contributed by atoms with Gasteiger partial charge in [0, 0.05) is 17.4 Å². The largest absolute Gasteiger partial charge is 0.465 e. The van der Waals surface area contributed by atoms with Gasteiger partial charge >= 0.3 is 5.97 Å². The minimum atomic E-state index is -0.369. The number of aromatic nitrogens is 2. The van der Waals surface area contributed by atoms with Crippen molar-refractivity contribution in [2.45, 2.75) is 13.8 Å². The van der Waals surface area contributed by atoms with Gasteiger partial charge in [-0.2, -0.15) is 0 Å². The maximum absolute atomic E-state index is 13.1. The molecule has 0 aliphatic rings. The highest BCUT2D eigenvalue weighted by Crippen LogP contribution is 2.26. The van der Waals surface area contributed by atoms with Gasteiger partial charge in [-0.25, -0.2) is 4.98 Å². The topological polar surface area (TPSA) is 85.2 Å². The molecule has 0 unspecified atom stereocenters. The van der Waals surface area contributed by atoms with Crippen LogP contribution in [0.2, 0.25) is 0 Å². The Balaban J connectivity index is 1.89. The lowest BCUT2D eigenvalue weighted by Crippen LogP contribution is -2.19. The third-order valence-corrected chi connectivity index (χ3v) is 4.94. The zero-order chi connectivity index (χ0) is 22.5. The Kier molecular flexibility index (Phi) is 6.17. The molecule has 0 saturated carbocycles. The van der Waals surface area contributed by atoms with E-state index in [1.54, 1.807) is 19.1 Å². The number of para-hydroxylation sites is 2. The summed E-state index contributed by atoms with van der Waals surface area (Å²) in [6.45, 7) is 3.92. The molecule has 32 heavy (non-hydrogen) atoms. The Bertz CT molecular complexity index is 1300. The second kappa shape index (κ2) is 9.34. The van der Waals surface area contributed by atoms with E-state index in [-0.39, 0.29) is 17.9 Å². The predicted molar refractivity (Wildman–Crippen MR) is 127 cm³/mol. The Morgan fingerprint density at radius 1 is 1.03 bits per heavy atom. The first kappa shape index (κ1) is 21.1. The van der Waals surface area contributed by atoms with Crippen molar-refractivity contribution in [2.24, 2.45) is 0 Å². The summed E-state index contributed by atoms with van der Waals surface area (Å²) in [6.07, 6.45) is 0.